The molecule has 0 aliphatic heterocycles. The molecule has 0 spiro atoms. The largest absolute Gasteiger partial charge is 0.352 e. The summed E-state index contributed by atoms with van der Waals surface area (Å²) in [6, 6.07) is 2.31. The van der Waals surface area contributed by atoms with E-state index >= 15 is 0 Å². The highest BCUT2D eigenvalue weighted by molar-refractivity contribution is 5.81. The summed E-state index contributed by atoms with van der Waals surface area (Å²) in [5, 5.41) is 11.9. The van der Waals surface area contributed by atoms with Gasteiger partial charge < -0.3 is 5.32 Å². The molecule has 1 rings (SSSR count). The van der Waals surface area contributed by atoms with Crippen LogP contribution < -0.4 is 5.32 Å². The normalized spacial score (nSPS) is 20.1. The third-order valence-corrected chi connectivity index (χ3v) is 3.53. The van der Waals surface area contributed by atoms with Crippen LogP contribution in [0.25, 0.3) is 0 Å². The summed E-state index contributed by atoms with van der Waals surface area (Å²) in [7, 11) is 0. The molecule has 0 saturated heterocycles. The van der Waals surface area contributed by atoms with Crippen LogP contribution in [0, 0.1) is 23.2 Å². The van der Waals surface area contributed by atoms with Crippen LogP contribution in [0.2, 0.25) is 0 Å². The average molecular weight is 222 g/mol. The van der Waals surface area contributed by atoms with E-state index in [0.717, 1.165) is 6.42 Å². The maximum Gasteiger partial charge on any atom is 0.237 e. The van der Waals surface area contributed by atoms with Crippen LogP contribution in [0.3, 0.4) is 0 Å². The van der Waals surface area contributed by atoms with Crippen LogP contribution in [0.5, 0.6) is 0 Å². The number of hydrogen-bond donors (Lipinski definition) is 1. The molecular formula is C13H22N2O. The van der Waals surface area contributed by atoms with Crippen LogP contribution in [-0.2, 0) is 4.79 Å². The molecule has 0 radical (unpaired) electrons. The number of nitrogens with zero attached hydrogens (tertiary/aromatic N) is 1. The Balaban J connectivity index is 2.40. The molecule has 0 bridgehead atoms. The molecule has 1 saturated carbocycles. The Bertz CT molecular complexity index is 264. The predicted molar refractivity (Wildman–Crippen MR) is 63.6 cm³/mol. The molecule has 0 heterocycles. The lowest BCUT2D eigenvalue weighted by molar-refractivity contribution is -0.124. The standard InChI is InChI=1S/C13H22N2O/c1-3-6-12(9-14)13(16)15-10(2)11-7-4-5-8-11/h10-12H,3-8H2,1-2H3,(H,15,16). The summed E-state index contributed by atoms with van der Waals surface area (Å²) in [5.41, 5.74) is 0. The molecule has 3 nitrogen and oxygen atoms in total. The smallest absolute Gasteiger partial charge is 0.237 e. The van der Waals surface area contributed by atoms with E-state index in [1.807, 2.05) is 6.92 Å². The van der Waals surface area contributed by atoms with E-state index in [2.05, 4.69) is 18.3 Å². The van der Waals surface area contributed by atoms with E-state index in [-0.39, 0.29) is 11.9 Å². The van der Waals surface area contributed by atoms with Crippen molar-refractivity contribution in [3.8, 4) is 6.07 Å². The summed E-state index contributed by atoms with van der Waals surface area (Å²) in [6.45, 7) is 4.06. The minimum atomic E-state index is -0.464. The molecule has 1 amide bonds. The van der Waals surface area contributed by atoms with Crippen molar-refractivity contribution >= 4 is 5.91 Å². The number of hydrogen-bond acceptors (Lipinski definition) is 2. The van der Waals surface area contributed by atoms with E-state index in [9.17, 15) is 4.79 Å². The molecule has 1 aliphatic carbocycles. The van der Waals surface area contributed by atoms with Gasteiger partial charge in [-0.1, -0.05) is 26.2 Å². The fourth-order valence-corrected chi connectivity index (χ4v) is 2.44. The van der Waals surface area contributed by atoms with Gasteiger partial charge in [-0.25, -0.2) is 0 Å². The van der Waals surface area contributed by atoms with Gasteiger partial charge in [0.05, 0.1) is 6.07 Å². The van der Waals surface area contributed by atoms with Gasteiger partial charge in [-0.05, 0) is 32.1 Å². The molecule has 0 aromatic rings. The third-order valence-electron chi connectivity index (χ3n) is 3.53. The third kappa shape index (κ3) is 3.52. The zero-order chi connectivity index (χ0) is 12.0. The highest BCUT2D eigenvalue weighted by Gasteiger charge is 2.25. The highest BCUT2D eigenvalue weighted by atomic mass is 16.1. The lowest BCUT2D eigenvalue weighted by atomic mass is 9.98. The minimum Gasteiger partial charge on any atom is -0.352 e. The number of carbonyl (C=O) groups is 1. The molecule has 1 aliphatic rings. The quantitative estimate of drug-likeness (QED) is 0.777. The summed E-state index contributed by atoms with van der Waals surface area (Å²) >= 11 is 0. The van der Waals surface area contributed by atoms with Crippen molar-refractivity contribution in [2.24, 2.45) is 11.8 Å². The second-order valence-corrected chi connectivity index (χ2v) is 4.81. The second kappa shape index (κ2) is 6.52. The zero-order valence-electron chi connectivity index (χ0n) is 10.3. The van der Waals surface area contributed by atoms with E-state index in [1.165, 1.54) is 25.7 Å². The van der Waals surface area contributed by atoms with Gasteiger partial charge in [-0.2, -0.15) is 5.26 Å². The van der Waals surface area contributed by atoms with Crippen molar-refractivity contribution in [1.82, 2.24) is 5.32 Å². The fourth-order valence-electron chi connectivity index (χ4n) is 2.44. The molecule has 16 heavy (non-hydrogen) atoms. The van der Waals surface area contributed by atoms with E-state index in [4.69, 9.17) is 5.26 Å². The highest BCUT2D eigenvalue weighted by Crippen LogP contribution is 2.27. The molecule has 2 atom stereocenters. The van der Waals surface area contributed by atoms with Gasteiger partial charge in [0.2, 0.25) is 5.91 Å². The molecule has 90 valence electrons. The number of amides is 1. The fraction of sp³-hybridized carbons (Fsp3) is 0.846. The number of nitrogens with one attached hydrogen (secondary N) is 1. The van der Waals surface area contributed by atoms with Crippen LogP contribution in [-0.4, -0.2) is 11.9 Å². The molecule has 0 aromatic heterocycles. The van der Waals surface area contributed by atoms with Gasteiger partial charge in [0.15, 0.2) is 0 Å². The first kappa shape index (κ1) is 13.0. The second-order valence-electron chi connectivity index (χ2n) is 4.81. The van der Waals surface area contributed by atoms with Crippen molar-refractivity contribution in [2.45, 2.75) is 58.4 Å². The SMILES string of the molecule is CCCC(C#N)C(=O)NC(C)C1CCCC1. The van der Waals surface area contributed by atoms with Gasteiger partial charge in [0.1, 0.15) is 5.92 Å². The molecular weight excluding hydrogens is 200 g/mol. The van der Waals surface area contributed by atoms with Gasteiger partial charge in [-0.15, -0.1) is 0 Å². The van der Waals surface area contributed by atoms with E-state index in [1.54, 1.807) is 0 Å². The number of nitriles is 1. The molecule has 1 fully saturated rings. The molecule has 3 heteroatoms. The zero-order valence-corrected chi connectivity index (χ0v) is 10.3. The van der Waals surface area contributed by atoms with Crippen molar-refractivity contribution in [2.75, 3.05) is 0 Å². The van der Waals surface area contributed by atoms with E-state index < -0.39 is 5.92 Å². The Morgan fingerprint density at radius 2 is 2.12 bits per heavy atom. The van der Waals surface area contributed by atoms with Gasteiger partial charge in [0.25, 0.3) is 0 Å². The average Bonchev–Trinajstić information content (AvgIpc) is 2.78. The predicted octanol–water partition coefficient (Wildman–Crippen LogP) is 2.62. The Morgan fingerprint density at radius 1 is 1.50 bits per heavy atom. The Labute approximate surface area is 98.2 Å². The summed E-state index contributed by atoms with van der Waals surface area (Å²) < 4.78 is 0. The van der Waals surface area contributed by atoms with Gasteiger partial charge >= 0.3 is 0 Å². The number of carbonyl (C=O) groups excluding carboxylic acids is 1. The van der Waals surface area contributed by atoms with Crippen molar-refractivity contribution in [1.29, 1.82) is 5.26 Å². The Kier molecular flexibility index (Phi) is 5.31. The van der Waals surface area contributed by atoms with Crippen molar-refractivity contribution < 1.29 is 4.79 Å². The minimum absolute atomic E-state index is 0.0799. The summed E-state index contributed by atoms with van der Waals surface area (Å²) in [5.74, 6) is 0.0718. The van der Waals surface area contributed by atoms with Crippen LogP contribution in [0.1, 0.15) is 52.4 Å². The first-order valence-electron chi connectivity index (χ1n) is 6.39. The van der Waals surface area contributed by atoms with Crippen molar-refractivity contribution in [3.05, 3.63) is 0 Å². The maximum atomic E-state index is 11.8. The lowest BCUT2D eigenvalue weighted by Gasteiger charge is -2.21. The summed E-state index contributed by atoms with van der Waals surface area (Å²) in [4.78, 5) is 11.8. The molecule has 1 N–H and O–H groups in total. The summed E-state index contributed by atoms with van der Waals surface area (Å²) in [6.07, 6.45) is 6.53. The van der Waals surface area contributed by atoms with Gasteiger partial charge in [-0.3, -0.25) is 4.79 Å². The van der Waals surface area contributed by atoms with Gasteiger partial charge in [0, 0.05) is 6.04 Å². The van der Waals surface area contributed by atoms with E-state index in [0.29, 0.717) is 12.3 Å². The topological polar surface area (TPSA) is 52.9 Å². The van der Waals surface area contributed by atoms with Crippen LogP contribution >= 0.6 is 0 Å². The van der Waals surface area contributed by atoms with Crippen LogP contribution in [0.15, 0.2) is 0 Å². The van der Waals surface area contributed by atoms with Crippen molar-refractivity contribution in [3.63, 3.8) is 0 Å². The Hall–Kier alpha value is -1.04. The van der Waals surface area contributed by atoms with Crippen LogP contribution in [0.4, 0.5) is 0 Å². The Morgan fingerprint density at radius 3 is 2.62 bits per heavy atom. The first-order chi connectivity index (χ1) is 7.69. The first-order valence-corrected chi connectivity index (χ1v) is 6.39. The molecule has 0 aromatic carbocycles. The number of rotatable bonds is 5. The maximum absolute atomic E-state index is 11.8. The molecule has 2 unspecified atom stereocenters. The monoisotopic (exact) mass is 222 g/mol. The lowest BCUT2D eigenvalue weighted by Crippen LogP contribution is -2.40.